The lowest BCUT2D eigenvalue weighted by Crippen LogP contribution is -2.24. The molecule has 5 heteroatoms. The molecule has 1 nitrogen and oxygen atoms in total. The molecule has 0 bridgehead atoms. The van der Waals surface area contributed by atoms with E-state index in [9.17, 15) is 0 Å². The summed E-state index contributed by atoms with van der Waals surface area (Å²) in [6, 6.07) is 0.801. The first kappa shape index (κ1) is 11.2. The van der Waals surface area contributed by atoms with E-state index in [1.807, 2.05) is 6.92 Å². The summed E-state index contributed by atoms with van der Waals surface area (Å²) in [5.74, 6) is 0. The fraction of sp³-hybridized carbons (Fsp3) is 1.00. The molecular formula is C5H11BrCl2OSi. The molecule has 0 aromatic rings. The Morgan fingerprint density at radius 2 is 2.10 bits per heavy atom. The van der Waals surface area contributed by atoms with Gasteiger partial charge in [-0.3, -0.25) is 0 Å². The molecule has 0 aliphatic heterocycles. The summed E-state index contributed by atoms with van der Waals surface area (Å²) in [7, 11) is 0. The summed E-state index contributed by atoms with van der Waals surface area (Å²) in [4.78, 5) is 0. The normalized spacial score (nSPS) is 12.0. The zero-order valence-electron chi connectivity index (χ0n) is 5.87. The Labute approximate surface area is 80.7 Å². The highest BCUT2D eigenvalue weighted by molar-refractivity contribution is 9.09. The number of hydrogen-bond acceptors (Lipinski definition) is 1. The summed E-state index contributed by atoms with van der Waals surface area (Å²) in [6.07, 6.45) is 0.985. The van der Waals surface area contributed by atoms with Crippen LogP contribution >= 0.6 is 38.1 Å². The molecule has 10 heavy (non-hydrogen) atoms. The van der Waals surface area contributed by atoms with Crippen LogP contribution in [0.15, 0.2) is 0 Å². The van der Waals surface area contributed by atoms with Crippen molar-refractivity contribution in [3.63, 3.8) is 0 Å². The molecule has 0 fully saturated rings. The van der Waals surface area contributed by atoms with Gasteiger partial charge in [-0.1, -0.05) is 15.9 Å². The second-order valence-corrected chi connectivity index (χ2v) is 8.96. The molecule has 0 spiro atoms. The van der Waals surface area contributed by atoms with E-state index >= 15 is 0 Å². The SMILES string of the molecule is CCO[Si](Cl)(Cl)CCCBr. The van der Waals surface area contributed by atoms with Crippen molar-refractivity contribution in [1.82, 2.24) is 0 Å². The minimum Gasteiger partial charge on any atom is -0.393 e. The molecule has 0 aliphatic rings. The topological polar surface area (TPSA) is 9.23 Å². The molecule has 0 radical (unpaired) electrons. The zero-order chi connectivity index (χ0) is 8.04. The van der Waals surface area contributed by atoms with Gasteiger partial charge in [0.15, 0.2) is 0 Å². The van der Waals surface area contributed by atoms with Gasteiger partial charge in [0.25, 0.3) is 0 Å². The standard InChI is InChI=1S/C5H11BrCl2OSi/c1-2-9-10(7,8)5-3-4-6/h2-5H2,1H3. The zero-order valence-corrected chi connectivity index (χ0v) is 9.97. The molecule has 0 aromatic carbocycles. The lowest BCUT2D eigenvalue weighted by Gasteiger charge is -2.14. The molecular weight excluding hydrogens is 255 g/mol. The van der Waals surface area contributed by atoms with Gasteiger partial charge in [-0.25, -0.2) is 0 Å². The van der Waals surface area contributed by atoms with Crippen LogP contribution in [-0.2, 0) is 4.43 Å². The van der Waals surface area contributed by atoms with Crippen molar-refractivity contribution in [3.8, 4) is 0 Å². The molecule has 0 heterocycles. The number of alkyl halides is 1. The molecule has 62 valence electrons. The fourth-order valence-corrected chi connectivity index (χ4v) is 3.97. The van der Waals surface area contributed by atoms with E-state index in [1.54, 1.807) is 0 Å². The van der Waals surface area contributed by atoms with Crippen LogP contribution in [0.5, 0.6) is 0 Å². The Kier molecular flexibility index (Phi) is 6.55. The van der Waals surface area contributed by atoms with E-state index in [0.29, 0.717) is 6.61 Å². The lowest BCUT2D eigenvalue weighted by molar-refractivity contribution is 0.347. The van der Waals surface area contributed by atoms with Crippen molar-refractivity contribution < 1.29 is 4.43 Å². The molecule has 0 saturated carbocycles. The van der Waals surface area contributed by atoms with Gasteiger partial charge in [-0.15, -0.1) is 22.2 Å². The summed E-state index contributed by atoms with van der Waals surface area (Å²) < 4.78 is 5.18. The van der Waals surface area contributed by atoms with Crippen LogP contribution < -0.4 is 0 Å². The molecule has 0 atom stereocenters. The summed E-state index contributed by atoms with van der Waals surface area (Å²) in [5, 5.41) is 0.939. The third-order valence-corrected chi connectivity index (χ3v) is 4.95. The molecule has 0 unspecified atom stereocenters. The van der Waals surface area contributed by atoms with E-state index in [1.165, 1.54) is 0 Å². The largest absolute Gasteiger partial charge is 0.393 e. The monoisotopic (exact) mass is 264 g/mol. The maximum atomic E-state index is 5.88. The highest BCUT2D eigenvalue weighted by Crippen LogP contribution is 2.23. The molecule has 0 aromatic heterocycles. The van der Waals surface area contributed by atoms with E-state index in [2.05, 4.69) is 15.9 Å². The van der Waals surface area contributed by atoms with Crippen molar-refractivity contribution in [2.75, 3.05) is 11.9 Å². The molecule has 0 amide bonds. The minimum atomic E-state index is -2.31. The first-order chi connectivity index (χ1) is 4.62. The van der Waals surface area contributed by atoms with E-state index in [4.69, 9.17) is 26.6 Å². The summed E-state index contributed by atoms with van der Waals surface area (Å²) >= 11 is 15.1. The Morgan fingerprint density at radius 1 is 1.50 bits per heavy atom. The lowest BCUT2D eigenvalue weighted by atomic mass is 10.6. The van der Waals surface area contributed by atoms with Gasteiger partial charge in [0.2, 0.25) is 0 Å². The Hall–Kier alpha value is 1.24. The van der Waals surface area contributed by atoms with Crippen LogP contribution in [0.25, 0.3) is 0 Å². The van der Waals surface area contributed by atoms with Crippen LogP contribution in [0.2, 0.25) is 6.04 Å². The first-order valence-corrected chi connectivity index (χ1v) is 8.46. The summed E-state index contributed by atoms with van der Waals surface area (Å²) in [5.41, 5.74) is 0. The third-order valence-electron chi connectivity index (χ3n) is 0.957. The van der Waals surface area contributed by atoms with Gasteiger partial charge >= 0.3 is 6.94 Å². The van der Waals surface area contributed by atoms with Crippen LogP contribution in [0.3, 0.4) is 0 Å². The van der Waals surface area contributed by atoms with Gasteiger partial charge in [0.05, 0.1) is 0 Å². The predicted molar refractivity (Wildman–Crippen MR) is 52.3 cm³/mol. The smallest absolute Gasteiger partial charge is 0.389 e. The second-order valence-electron chi connectivity index (χ2n) is 1.86. The maximum absolute atomic E-state index is 5.88. The Morgan fingerprint density at radius 3 is 2.50 bits per heavy atom. The molecule has 0 aliphatic carbocycles. The van der Waals surface area contributed by atoms with Gasteiger partial charge in [-0.2, -0.15) is 0 Å². The van der Waals surface area contributed by atoms with E-state index in [0.717, 1.165) is 17.8 Å². The van der Waals surface area contributed by atoms with Gasteiger partial charge < -0.3 is 4.43 Å². The summed E-state index contributed by atoms with van der Waals surface area (Å²) in [6.45, 7) is 0.206. The first-order valence-electron chi connectivity index (χ1n) is 3.20. The maximum Gasteiger partial charge on any atom is 0.389 e. The van der Waals surface area contributed by atoms with Crippen molar-refractivity contribution in [3.05, 3.63) is 0 Å². The van der Waals surface area contributed by atoms with Crippen molar-refractivity contribution in [1.29, 1.82) is 0 Å². The average Bonchev–Trinajstić information content (AvgIpc) is 1.84. The predicted octanol–water partition coefficient (Wildman–Crippen LogP) is 3.22. The van der Waals surface area contributed by atoms with Crippen molar-refractivity contribution in [2.24, 2.45) is 0 Å². The van der Waals surface area contributed by atoms with Crippen LogP contribution in [-0.4, -0.2) is 18.9 Å². The second kappa shape index (κ2) is 5.83. The third kappa shape index (κ3) is 5.98. The molecule has 0 N–H and O–H groups in total. The highest BCUT2D eigenvalue weighted by Gasteiger charge is 2.28. The minimum absolute atomic E-state index is 0.613. The van der Waals surface area contributed by atoms with E-state index in [-0.39, 0.29) is 0 Å². The quantitative estimate of drug-likeness (QED) is 0.421. The van der Waals surface area contributed by atoms with E-state index < -0.39 is 6.94 Å². The highest BCUT2D eigenvalue weighted by atomic mass is 79.9. The van der Waals surface area contributed by atoms with Crippen LogP contribution in [0, 0.1) is 0 Å². The number of rotatable bonds is 5. The fourth-order valence-electron chi connectivity index (χ4n) is 0.556. The number of halogens is 3. The van der Waals surface area contributed by atoms with Gasteiger partial charge in [-0.05, 0) is 19.4 Å². The molecule has 0 rings (SSSR count). The van der Waals surface area contributed by atoms with Crippen molar-refractivity contribution in [2.45, 2.75) is 19.4 Å². The Balaban J connectivity index is 3.42. The molecule has 0 saturated heterocycles. The van der Waals surface area contributed by atoms with Crippen molar-refractivity contribution >= 4 is 45.0 Å². The van der Waals surface area contributed by atoms with Gasteiger partial charge in [0.1, 0.15) is 0 Å². The Bertz CT molecular complexity index is 91.7. The average molecular weight is 266 g/mol. The number of hydrogen-bond donors (Lipinski definition) is 0. The van der Waals surface area contributed by atoms with Crippen LogP contribution in [0.1, 0.15) is 13.3 Å². The van der Waals surface area contributed by atoms with Crippen LogP contribution in [0.4, 0.5) is 0 Å². The van der Waals surface area contributed by atoms with Gasteiger partial charge in [0, 0.05) is 11.9 Å².